The SMILES string of the molecule is O=C(c1cn(O)nn1)c1ccc(Br)cc1Br. The van der Waals surface area contributed by atoms with Crippen LogP contribution in [0.5, 0.6) is 0 Å². The van der Waals surface area contributed by atoms with Gasteiger partial charge in [0.2, 0.25) is 5.78 Å². The summed E-state index contributed by atoms with van der Waals surface area (Å²) in [6, 6.07) is 5.17. The molecule has 0 fully saturated rings. The largest absolute Gasteiger partial charge is 0.410 e. The summed E-state index contributed by atoms with van der Waals surface area (Å²) in [6.45, 7) is 0. The van der Waals surface area contributed by atoms with Gasteiger partial charge in [-0.05, 0) is 39.3 Å². The minimum absolute atomic E-state index is 0.0884. The maximum atomic E-state index is 11.9. The molecule has 2 aromatic rings. The van der Waals surface area contributed by atoms with Gasteiger partial charge < -0.3 is 5.21 Å². The number of rotatable bonds is 2. The van der Waals surface area contributed by atoms with E-state index in [1.807, 2.05) is 0 Å². The molecule has 16 heavy (non-hydrogen) atoms. The molecule has 0 unspecified atom stereocenters. The van der Waals surface area contributed by atoms with E-state index in [-0.39, 0.29) is 11.5 Å². The van der Waals surface area contributed by atoms with Crippen molar-refractivity contribution in [3.63, 3.8) is 0 Å². The van der Waals surface area contributed by atoms with Gasteiger partial charge in [0.05, 0.1) is 6.20 Å². The van der Waals surface area contributed by atoms with Crippen LogP contribution in [-0.2, 0) is 0 Å². The summed E-state index contributed by atoms with van der Waals surface area (Å²) in [7, 11) is 0. The Hall–Kier alpha value is -1.21. The van der Waals surface area contributed by atoms with Crippen molar-refractivity contribution in [2.75, 3.05) is 0 Å². The zero-order valence-corrected chi connectivity index (χ0v) is 10.9. The summed E-state index contributed by atoms with van der Waals surface area (Å²) in [5.74, 6) is -0.306. The first-order chi connectivity index (χ1) is 7.58. The van der Waals surface area contributed by atoms with Crippen molar-refractivity contribution in [3.05, 3.63) is 44.6 Å². The van der Waals surface area contributed by atoms with E-state index in [1.165, 1.54) is 0 Å². The van der Waals surface area contributed by atoms with Gasteiger partial charge in [-0.2, -0.15) is 0 Å². The number of carbonyl (C=O) groups excluding carboxylic acids is 1. The number of aromatic nitrogens is 3. The Morgan fingerprint density at radius 2 is 2.12 bits per heavy atom. The lowest BCUT2D eigenvalue weighted by Gasteiger charge is -2.01. The molecule has 0 spiro atoms. The highest BCUT2D eigenvalue weighted by Gasteiger charge is 2.16. The summed E-state index contributed by atoms with van der Waals surface area (Å²) in [5.41, 5.74) is 0.550. The van der Waals surface area contributed by atoms with Gasteiger partial charge in [-0.15, -0.1) is 5.10 Å². The summed E-state index contributed by atoms with van der Waals surface area (Å²) in [4.78, 5) is 12.4. The van der Waals surface area contributed by atoms with Crippen LogP contribution < -0.4 is 0 Å². The monoisotopic (exact) mass is 345 g/mol. The first-order valence-electron chi connectivity index (χ1n) is 4.19. The van der Waals surface area contributed by atoms with Crippen molar-refractivity contribution >= 4 is 37.6 Å². The second-order valence-corrected chi connectivity index (χ2v) is 4.75. The number of ketones is 1. The van der Waals surface area contributed by atoms with Crippen LogP contribution in [0.25, 0.3) is 0 Å². The predicted molar refractivity (Wildman–Crippen MR) is 62.5 cm³/mol. The molecule has 0 radical (unpaired) electrons. The molecular weight excluding hydrogens is 342 g/mol. The number of benzene rings is 1. The van der Waals surface area contributed by atoms with Crippen molar-refractivity contribution in [3.8, 4) is 0 Å². The summed E-state index contributed by atoms with van der Waals surface area (Å²) in [6.07, 6.45) is 1.15. The van der Waals surface area contributed by atoms with Crippen molar-refractivity contribution < 1.29 is 10.0 Å². The Kier molecular flexibility index (Phi) is 3.06. The Bertz CT molecular complexity index is 553. The van der Waals surface area contributed by atoms with Crippen LogP contribution in [0.2, 0.25) is 0 Å². The van der Waals surface area contributed by atoms with Crippen molar-refractivity contribution in [2.24, 2.45) is 0 Å². The molecule has 1 N–H and O–H groups in total. The zero-order valence-electron chi connectivity index (χ0n) is 7.76. The second-order valence-electron chi connectivity index (χ2n) is 2.98. The minimum Gasteiger partial charge on any atom is -0.410 e. The number of hydrogen-bond donors (Lipinski definition) is 1. The van der Waals surface area contributed by atoms with E-state index >= 15 is 0 Å². The summed E-state index contributed by atoms with van der Waals surface area (Å²) in [5, 5.41) is 15.8. The van der Waals surface area contributed by atoms with Gasteiger partial charge in [0.1, 0.15) is 0 Å². The molecule has 0 aliphatic heterocycles. The van der Waals surface area contributed by atoms with E-state index in [1.54, 1.807) is 18.2 Å². The molecule has 0 saturated carbocycles. The number of carbonyl (C=O) groups is 1. The third-order valence-corrected chi connectivity index (χ3v) is 3.04. The van der Waals surface area contributed by atoms with Crippen LogP contribution in [0.1, 0.15) is 16.1 Å². The molecule has 1 heterocycles. The molecule has 0 atom stereocenters. The van der Waals surface area contributed by atoms with Gasteiger partial charge in [-0.3, -0.25) is 4.79 Å². The number of hydrogen-bond acceptors (Lipinski definition) is 4. The van der Waals surface area contributed by atoms with Gasteiger partial charge in [-0.1, -0.05) is 20.8 Å². The van der Waals surface area contributed by atoms with Gasteiger partial charge >= 0.3 is 0 Å². The molecule has 0 bridgehead atoms. The molecule has 1 aromatic carbocycles. The van der Waals surface area contributed by atoms with Crippen LogP contribution in [0.4, 0.5) is 0 Å². The Labute approximate surface area is 107 Å². The highest BCUT2D eigenvalue weighted by atomic mass is 79.9. The average Bonchev–Trinajstić information content (AvgIpc) is 2.64. The maximum absolute atomic E-state index is 11.9. The molecule has 0 amide bonds. The summed E-state index contributed by atoms with van der Waals surface area (Å²) >= 11 is 6.58. The fourth-order valence-corrected chi connectivity index (χ4v) is 2.40. The number of nitrogens with zero attached hydrogens (tertiary/aromatic N) is 3. The number of halogens is 2. The van der Waals surface area contributed by atoms with Crippen molar-refractivity contribution in [1.29, 1.82) is 0 Å². The minimum atomic E-state index is -0.306. The fraction of sp³-hybridized carbons (Fsp3) is 0. The second kappa shape index (κ2) is 4.34. The molecule has 5 nitrogen and oxygen atoms in total. The highest BCUT2D eigenvalue weighted by molar-refractivity contribution is 9.11. The smallest absolute Gasteiger partial charge is 0.216 e. The van der Waals surface area contributed by atoms with Gasteiger partial charge in [0, 0.05) is 14.5 Å². The molecule has 2 rings (SSSR count). The van der Waals surface area contributed by atoms with Crippen LogP contribution >= 0.6 is 31.9 Å². The average molecular weight is 347 g/mol. The van der Waals surface area contributed by atoms with Crippen molar-refractivity contribution in [1.82, 2.24) is 15.2 Å². The lowest BCUT2D eigenvalue weighted by Crippen LogP contribution is -2.02. The Morgan fingerprint density at radius 1 is 1.38 bits per heavy atom. The normalized spacial score (nSPS) is 10.4. The Morgan fingerprint density at radius 3 is 2.69 bits per heavy atom. The first-order valence-corrected chi connectivity index (χ1v) is 5.78. The lowest BCUT2D eigenvalue weighted by atomic mass is 10.1. The standard InChI is InChI=1S/C9H5Br2N3O2/c10-5-1-2-6(7(11)3-5)9(15)8-4-14(16)13-12-8/h1-4,16H. The Balaban J connectivity index is 2.41. The topological polar surface area (TPSA) is 68.0 Å². The van der Waals surface area contributed by atoms with Crippen LogP contribution in [0.3, 0.4) is 0 Å². The zero-order chi connectivity index (χ0) is 11.7. The van der Waals surface area contributed by atoms with E-state index in [9.17, 15) is 4.79 Å². The molecule has 0 aliphatic carbocycles. The van der Waals surface area contributed by atoms with Gasteiger partial charge in [-0.25, -0.2) is 0 Å². The van der Waals surface area contributed by atoms with E-state index in [0.717, 1.165) is 10.7 Å². The molecule has 1 aromatic heterocycles. The van der Waals surface area contributed by atoms with E-state index in [4.69, 9.17) is 5.21 Å². The molecule has 7 heteroatoms. The third kappa shape index (κ3) is 2.14. The maximum Gasteiger partial charge on any atom is 0.216 e. The predicted octanol–water partition coefficient (Wildman–Crippen LogP) is 2.27. The quantitative estimate of drug-likeness (QED) is 0.669. The third-order valence-electron chi connectivity index (χ3n) is 1.89. The van der Waals surface area contributed by atoms with Crippen molar-refractivity contribution in [2.45, 2.75) is 0 Å². The molecule has 0 aliphatic rings. The van der Waals surface area contributed by atoms with Crippen LogP contribution in [0, 0.1) is 0 Å². The van der Waals surface area contributed by atoms with Gasteiger partial charge in [0.15, 0.2) is 5.69 Å². The fourth-order valence-electron chi connectivity index (χ4n) is 1.17. The van der Waals surface area contributed by atoms with Crippen LogP contribution in [-0.4, -0.2) is 26.1 Å². The molecule has 82 valence electrons. The van der Waals surface area contributed by atoms with Crippen LogP contribution in [0.15, 0.2) is 33.3 Å². The lowest BCUT2D eigenvalue weighted by molar-refractivity contribution is 0.103. The molecular formula is C9H5Br2N3O2. The van der Waals surface area contributed by atoms with E-state index in [2.05, 4.69) is 42.2 Å². The van der Waals surface area contributed by atoms with Gasteiger partial charge in [0.25, 0.3) is 0 Å². The first kappa shape index (κ1) is 11.3. The summed E-state index contributed by atoms with van der Waals surface area (Å²) < 4.78 is 1.51. The molecule has 0 saturated heterocycles. The van der Waals surface area contributed by atoms with E-state index < -0.39 is 0 Å². The highest BCUT2D eigenvalue weighted by Crippen LogP contribution is 2.23. The van der Waals surface area contributed by atoms with E-state index in [0.29, 0.717) is 14.9 Å².